The summed E-state index contributed by atoms with van der Waals surface area (Å²) in [5.74, 6) is -1.77. The van der Waals surface area contributed by atoms with Gasteiger partial charge in [-0.25, -0.2) is 4.39 Å². The predicted molar refractivity (Wildman–Crippen MR) is 132 cm³/mol. The number of hydrogen-bond donors (Lipinski definition) is 1. The van der Waals surface area contributed by atoms with Gasteiger partial charge in [0.1, 0.15) is 11.9 Å². The summed E-state index contributed by atoms with van der Waals surface area (Å²) in [5, 5.41) is 3.05. The third-order valence-electron chi connectivity index (χ3n) is 7.07. The minimum Gasteiger partial charge on any atom is -0.352 e. The lowest BCUT2D eigenvalue weighted by molar-refractivity contribution is -0.141. The van der Waals surface area contributed by atoms with Gasteiger partial charge in [0.25, 0.3) is 11.8 Å². The highest BCUT2D eigenvalue weighted by atomic mass is 19.1. The number of hydrogen-bond acceptors (Lipinski definition) is 4. The van der Waals surface area contributed by atoms with Gasteiger partial charge in [0.15, 0.2) is 0 Å². The Bertz CT molecular complexity index is 1110. The Hall–Kier alpha value is -3.55. The first kappa shape index (κ1) is 25.5. The third-order valence-corrected chi connectivity index (χ3v) is 7.07. The number of fused-ring (bicyclic) bond motifs is 1. The second-order valence-corrected chi connectivity index (χ2v) is 9.54. The number of nitrogens with zero attached hydrogens (tertiary/aromatic N) is 2. The highest BCUT2D eigenvalue weighted by molar-refractivity contribution is 6.21. The fraction of sp³-hybridized carbons (Fsp3) is 0.429. The lowest BCUT2D eigenvalue weighted by atomic mass is 9.95. The van der Waals surface area contributed by atoms with Gasteiger partial charge in [-0.15, -0.1) is 0 Å². The average Bonchev–Trinajstić information content (AvgIpc) is 3.13. The molecule has 2 aliphatic rings. The fourth-order valence-electron chi connectivity index (χ4n) is 4.94. The minimum absolute atomic E-state index is 0.0168. The third kappa shape index (κ3) is 5.64. The topological polar surface area (TPSA) is 86.8 Å². The van der Waals surface area contributed by atoms with E-state index in [-0.39, 0.29) is 55.6 Å². The molecule has 0 radical (unpaired) electrons. The number of imide groups is 1. The predicted octanol–water partition coefficient (Wildman–Crippen LogP) is 4.07. The molecular weight excluding hydrogens is 461 g/mol. The van der Waals surface area contributed by atoms with E-state index in [1.807, 2.05) is 0 Å². The van der Waals surface area contributed by atoms with Crippen LogP contribution >= 0.6 is 0 Å². The molecule has 2 aromatic rings. The lowest BCUT2D eigenvalue weighted by Gasteiger charge is -2.31. The minimum atomic E-state index is -0.793. The first-order valence-corrected chi connectivity index (χ1v) is 12.6. The van der Waals surface area contributed by atoms with E-state index in [9.17, 15) is 23.6 Å². The Labute approximate surface area is 210 Å². The van der Waals surface area contributed by atoms with Gasteiger partial charge in [0.05, 0.1) is 11.1 Å². The van der Waals surface area contributed by atoms with Crippen LogP contribution in [0.1, 0.15) is 78.1 Å². The summed E-state index contributed by atoms with van der Waals surface area (Å²) in [5.41, 5.74) is 1.05. The van der Waals surface area contributed by atoms with Gasteiger partial charge in [0.2, 0.25) is 11.8 Å². The van der Waals surface area contributed by atoms with Crippen molar-refractivity contribution in [1.29, 1.82) is 0 Å². The fourth-order valence-corrected chi connectivity index (χ4v) is 4.94. The summed E-state index contributed by atoms with van der Waals surface area (Å²) < 4.78 is 14.4. The highest BCUT2D eigenvalue weighted by Crippen LogP contribution is 2.23. The quantitative estimate of drug-likeness (QED) is 0.534. The van der Waals surface area contributed by atoms with Gasteiger partial charge in [-0.1, -0.05) is 49.6 Å². The average molecular weight is 494 g/mol. The second-order valence-electron chi connectivity index (χ2n) is 9.54. The van der Waals surface area contributed by atoms with E-state index in [0.717, 1.165) is 37.0 Å². The summed E-state index contributed by atoms with van der Waals surface area (Å²) in [4.78, 5) is 54.1. The summed E-state index contributed by atoms with van der Waals surface area (Å²) in [6, 6.07) is 12.1. The molecule has 0 spiro atoms. The molecule has 0 saturated heterocycles. The number of benzene rings is 2. The van der Waals surface area contributed by atoms with Crippen molar-refractivity contribution < 1.29 is 23.6 Å². The van der Waals surface area contributed by atoms with Gasteiger partial charge >= 0.3 is 0 Å². The van der Waals surface area contributed by atoms with Crippen LogP contribution in [-0.2, 0) is 16.1 Å². The van der Waals surface area contributed by atoms with Gasteiger partial charge in [-0.05, 0) is 44.4 Å². The van der Waals surface area contributed by atoms with Crippen molar-refractivity contribution >= 4 is 23.6 Å². The van der Waals surface area contributed by atoms with Crippen molar-refractivity contribution in [3.8, 4) is 0 Å². The van der Waals surface area contributed by atoms with Crippen molar-refractivity contribution in [1.82, 2.24) is 15.1 Å². The molecule has 1 aliphatic carbocycles. The molecule has 1 heterocycles. The molecule has 0 unspecified atom stereocenters. The van der Waals surface area contributed by atoms with Crippen LogP contribution in [0.25, 0.3) is 0 Å². The number of carbonyl (C=O) groups is 4. The van der Waals surface area contributed by atoms with Crippen molar-refractivity contribution in [2.45, 2.75) is 70.5 Å². The number of amides is 4. The standard InChI is InChI=1S/C28H32FN3O4/c1-19(26(34)30-21-11-3-2-4-12-21)32(18-20-10-5-8-15-24(20)29)25(33)16-9-17-31-27(35)22-13-6-7-14-23(22)28(31)36/h5-8,10,13-15,19,21H,2-4,9,11-12,16-18H2,1H3,(H,30,34)/t19-/m0/s1. The molecule has 4 amide bonds. The van der Waals surface area contributed by atoms with Crippen LogP contribution in [0, 0.1) is 5.82 Å². The molecular formula is C28H32FN3O4. The van der Waals surface area contributed by atoms with E-state index < -0.39 is 11.9 Å². The molecule has 4 rings (SSSR count). The smallest absolute Gasteiger partial charge is 0.261 e. The molecule has 1 saturated carbocycles. The maximum atomic E-state index is 14.4. The van der Waals surface area contributed by atoms with Crippen LogP contribution in [0.5, 0.6) is 0 Å². The lowest BCUT2D eigenvalue weighted by Crippen LogP contribution is -2.50. The van der Waals surface area contributed by atoms with Gasteiger partial charge in [0, 0.05) is 31.1 Å². The molecule has 36 heavy (non-hydrogen) atoms. The van der Waals surface area contributed by atoms with Gasteiger partial charge in [-0.2, -0.15) is 0 Å². The summed E-state index contributed by atoms with van der Waals surface area (Å²) in [7, 11) is 0. The molecule has 1 fully saturated rings. The molecule has 8 heteroatoms. The molecule has 2 aromatic carbocycles. The number of carbonyl (C=O) groups excluding carboxylic acids is 4. The summed E-state index contributed by atoms with van der Waals surface area (Å²) in [6.07, 6.45) is 5.38. The maximum Gasteiger partial charge on any atom is 0.261 e. The van der Waals surface area contributed by atoms with Gasteiger partial charge < -0.3 is 10.2 Å². The van der Waals surface area contributed by atoms with Crippen LogP contribution in [0.15, 0.2) is 48.5 Å². The van der Waals surface area contributed by atoms with E-state index >= 15 is 0 Å². The largest absolute Gasteiger partial charge is 0.352 e. The molecule has 1 aliphatic heterocycles. The zero-order valence-electron chi connectivity index (χ0n) is 20.5. The van der Waals surface area contributed by atoms with Crippen LogP contribution < -0.4 is 5.32 Å². The Kier molecular flexibility index (Phi) is 8.13. The van der Waals surface area contributed by atoms with Crippen molar-refractivity contribution in [3.05, 3.63) is 71.0 Å². The van der Waals surface area contributed by atoms with Crippen molar-refractivity contribution in [2.75, 3.05) is 6.54 Å². The van der Waals surface area contributed by atoms with E-state index in [4.69, 9.17) is 0 Å². The van der Waals surface area contributed by atoms with E-state index in [0.29, 0.717) is 16.7 Å². The maximum absolute atomic E-state index is 14.4. The Morgan fingerprint density at radius 3 is 2.25 bits per heavy atom. The zero-order chi connectivity index (χ0) is 25.7. The Morgan fingerprint density at radius 1 is 1.00 bits per heavy atom. The van der Waals surface area contributed by atoms with Crippen LogP contribution in [0.2, 0.25) is 0 Å². The molecule has 0 bridgehead atoms. The van der Waals surface area contributed by atoms with Crippen molar-refractivity contribution in [3.63, 3.8) is 0 Å². The zero-order valence-corrected chi connectivity index (χ0v) is 20.5. The monoisotopic (exact) mass is 493 g/mol. The summed E-state index contributed by atoms with van der Waals surface area (Å²) in [6.45, 7) is 1.70. The number of nitrogens with one attached hydrogen (secondary N) is 1. The first-order chi connectivity index (χ1) is 17.4. The molecule has 7 nitrogen and oxygen atoms in total. The Morgan fingerprint density at radius 2 is 1.61 bits per heavy atom. The van der Waals surface area contributed by atoms with Crippen molar-refractivity contribution in [2.24, 2.45) is 0 Å². The normalized spacial score (nSPS) is 16.6. The van der Waals surface area contributed by atoms with E-state index in [1.54, 1.807) is 49.4 Å². The van der Waals surface area contributed by atoms with Crippen LogP contribution in [-0.4, -0.2) is 52.1 Å². The SMILES string of the molecule is C[C@@H](C(=O)NC1CCCCC1)N(Cc1ccccc1F)C(=O)CCCN1C(=O)c2ccccc2C1=O. The second kappa shape index (κ2) is 11.5. The molecule has 1 atom stereocenters. The van der Waals surface area contributed by atoms with E-state index in [2.05, 4.69) is 5.32 Å². The van der Waals surface area contributed by atoms with Crippen LogP contribution in [0.3, 0.4) is 0 Å². The molecule has 190 valence electrons. The molecule has 0 aromatic heterocycles. The molecule has 1 N–H and O–H groups in total. The summed E-state index contributed by atoms with van der Waals surface area (Å²) >= 11 is 0. The first-order valence-electron chi connectivity index (χ1n) is 12.6. The van der Waals surface area contributed by atoms with E-state index in [1.165, 1.54) is 11.0 Å². The van der Waals surface area contributed by atoms with Crippen LogP contribution in [0.4, 0.5) is 4.39 Å². The van der Waals surface area contributed by atoms with Gasteiger partial charge in [-0.3, -0.25) is 24.1 Å². The number of rotatable bonds is 9. The number of halogens is 1. The Balaban J connectivity index is 1.41. The highest BCUT2D eigenvalue weighted by Gasteiger charge is 2.35.